The molecule has 1 aromatic carbocycles. The summed E-state index contributed by atoms with van der Waals surface area (Å²) >= 11 is 2.57. The number of nitro groups is 1. The van der Waals surface area contributed by atoms with Gasteiger partial charge in [-0.25, -0.2) is 0 Å². The molecule has 0 unspecified atom stereocenters. The van der Waals surface area contributed by atoms with Gasteiger partial charge < -0.3 is 0 Å². The monoisotopic (exact) mass is 352 g/mol. The fourth-order valence-corrected chi connectivity index (χ4v) is 3.37. The molecule has 2 rings (SSSR count). The molecule has 7 nitrogen and oxygen atoms in total. The van der Waals surface area contributed by atoms with Crippen molar-refractivity contribution in [3.63, 3.8) is 0 Å². The third-order valence-corrected chi connectivity index (χ3v) is 4.55. The van der Waals surface area contributed by atoms with Crippen LogP contribution in [0.5, 0.6) is 0 Å². The molecule has 0 saturated carbocycles. The average molecular weight is 352 g/mol. The van der Waals surface area contributed by atoms with E-state index in [1.165, 1.54) is 29.2 Å². The minimum absolute atomic E-state index is 0.0806. The minimum Gasteiger partial charge on any atom is -0.296 e. The van der Waals surface area contributed by atoms with Crippen LogP contribution >= 0.6 is 23.1 Å². The second kappa shape index (κ2) is 7.51. The molecule has 122 valence electrons. The third-order valence-electron chi connectivity index (χ3n) is 2.91. The Morgan fingerprint density at radius 2 is 2.17 bits per heavy atom. The number of anilines is 1. The first-order chi connectivity index (χ1) is 10.9. The van der Waals surface area contributed by atoms with Crippen LogP contribution in [0.15, 0.2) is 23.1 Å². The van der Waals surface area contributed by atoms with Gasteiger partial charge in [-0.15, -0.1) is 22.0 Å². The van der Waals surface area contributed by atoms with E-state index in [0.29, 0.717) is 15.9 Å². The van der Waals surface area contributed by atoms with E-state index in [9.17, 15) is 14.9 Å². The van der Waals surface area contributed by atoms with Crippen molar-refractivity contribution < 1.29 is 9.72 Å². The SMILES string of the molecule is CSc1ccc(C(=O)Nc2nnc(CC(C)C)s2)cc1[N+](=O)[O-]. The van der Waals surface area contributed by atoms with E-state index >= 15 is 0 Å². The molecule has 1 aromatic heterocycles. The zero-order chi connectivity index (χ0) is 17.0. The molecule has 0 atom stereocenters. The van der Waals surface area contributed by atoms with Crippen molar-refractivity contribution in [1.29, 1.82) is 0 Å². The first-order valence-electron chi connectivity index (χ1n) is 6.87. The van der Waals surface area contributed by atoms with E-state index in [1.807, 2.05) is 0 Å². The number of amides is 1. The van der Waals surface area contributed by atoms with Gasteiger partial charge in [0, 0.05) is 18.1 Å². The summed E-state index contributed by atoms with van der Waals surface area (Å²) in [5, 5.41) is 22.9. The van der Waals surface area contributed by atoms with Gasteiger partial charge >= 0.3 is 0 Å². The largest absolute Gasteiger partial charge is 0.296 e. The molecule has 1 heterocycles. The second-order valence-corrected chi connectivity index (χ2v) is 7.11. The second-order valence-electron chi connectivity index (χ2n) is 5.20. The lowest BCUT2D eigenvalue weighted by Gasteiger charge is -2.04. The average Bonchev–Trinajstić information content (AvgIpc) is 2.92. The highest BCUT2D eigenvalue weighted by Gasteiger charge is 2.18. The van der Waals surface area contributed by atoms with Crippen LogP contribution in [-0.4, -0.2) is 27.3 Å². The number of nitrogens with one attached hydrogen (secondary N) is 1. The van der Waals surface area contributed by atoms with Crippen LogP contribution in [0.2, 0.25) is 0 Å². The number of nitrogens with zero attached hydrogens (tertiary/aromatic N) is 3. The standard InChI is InChI=1S/C14H16N4O3S2/c1-8(2)6-12-16-17-14(23-12)15-13(19)9-4-5-11(22-3)10(7-9)18(20)21/h4-5,7-8H,6H2,1-3H3,(H,15,17,19). The predicted molar refractivity (Wildman–Crippen MR) is 91.3 cm³/mol. The van der Waals surface area contributed by atoms with Crippen molar-refractivity contribution in [2.45, 2.75) is 25.2 Å². The summed E-state index contributed by atoms with van der Waals surface area (Å²) in [4.78, 5) is 23.3. The number of hydrogen-bond acceptors (Lipinski definition) is 7. The molecule has 0 aliphatic rings. The molecule has 1 amide bonds. The molecule has 9 heteroatoms. The van der Waals surface area contributed by atoms with Crippen LogP contribution in [0.4, 0.5) is 10.8 Å². The summed E-state index contributed by atoms with van der Waals surface area (Å²) in [6, 6.07) is 4.41. The maximum atomic E-state index is 12.2. The van der Waals surface area contributed by atoms with Crippen LogP contribution in [0.25, 0.3) is 0 Å². The van der Waals surface area contributed by atoms with E-state index in [2.05, 4.69) is 29.4 Å². The van der Waals surface area contributed by atoms with E-state index in [1.54, 1.807) is 18.4 Å². The van der Waals surface area contributed by atoms with E-state index in [4.69, 9.17) is 0 Å². The van der Waals surface area contributed by atoms with Crippen LogP contribution in [-0.2, 0) is 6.42 Å². The highest BCUT2D eigenvalue weighted by molar-refractivity contribution is 7.98. The maximum absolute atomic E-state index is 12.2. The quantitative estimate of drug-likeness (QED) is 0.484. The highest BCUT2D eigenvalue weighted by Crippen LogP contribution is 2.28. The number of hydrogen-bond donors (Lipinski definition) is 1. The van der Waals surface area contributed by atoms with E-state index in [-0.39, 0.29) is 11.3 Å². The number of carbonyl (C=O) groups is 1. The molecule has 0 bridgehead atoms. The van der Waals surface area contributed by atoms with Crippen LogP contribution in [0.3, 0.4) is 0 Å². The first-order valence-corrected chi connectivity index (χ1v) is 8.91. The Balaban J connectivity index is 2.16. The van der Waals surface area contributed by atoms with Crippen molar-refractivity contribution in [3.8, 4) is 0 Å². The van der Waals surface area contributed by atoms with Gasteiger partial charge in [0.15, 0.2) is 0 Å². The number of carbonyl (C=O) groups excluding carboxylic acids is 1. The smallest absolute Gasteiger partial charge is 0.283 e. The molecule has 2 aromatic rings. The van der Waals surface area contributed by atoms with Gasteiger partial charge in [0.25, 0.3) is 11.6 Å². The van der Waals surface area contributed by atoms with Gasteiger partial charge in [-0.1, -0.05) is 25.2 Å². The minimum atomic E-state index is -0.492. The normalized spacial score (nSPS) is 10.8. The molecule has 0 aliphatic heterocycles. The van der Waals surface area contributed by atoms with Gasteiger partial charge in [-0.3, -0.25) is 20.2 Å². The molecule has 0 spiro atoms. The third kappa shape index (κ3) is 4.49. The molecular weight excluding hydrogens is 336 g/mol. The summed E-state index contributed by atoms with van der Waals surface area (Å²) in [6.45, 7) is 4.15. The molecule has 0 radical (unpaired) electrons. The fraction of sp³-hybridized carbons (Fsp3) is 0.357. The van der Waals surface area contributed by atoms with Gasteiger partial charge in [-0.2, -0.15) is 0 Å². The Hall–Kier alpha value is -2.00. The molecule has 0 saturated heterocycles. The molecule has 1 N–H and O–H groups in total. The number of rotatable bonds is 6. The number of nitro benzene ring substituents is 1. The highest BCUT2D eigenvalue weighted by atomic mass is 32.2. The maximum Gasteiger partial charge on any atom is 0.283 e. The summed E-state index contributed by atoms with van der Waals surface area (Å²) in [5.41, 5.74) is 0.137. The van der Waals surface area contributed by atoms with Gasteiger partial charge in [0.2, 0.25) is 5.13 Å². The van der Waals surface area contributed by atoms with Gasteiger partial charge in [-0.05, 0) is 24.3 Å². The lowest BCUT2D eigenvalue weighted by Crippen LogP contribution is -2.12. The Labute approximate surface area is 141 Å². The summed E-state index contributed by atoms with van der Waals surface area (Å²) in [5.74, 6) is 0.0150. The number of thioether (sulfide) groups is 1. The zero-order valence-electron chi connectivity index (χ0n) is 12.9. The Morgan fingerprint density at radius 3 is 2.78 bits per heavy atom. The molecule has 0 aliphatic carbocycles. The van der Waals surface area contributed by atoms with E-state index < -0.39 is 10.8 Å². The Morgan fingerprint density at radius 1 is 1.43 bits per heavy atom. The summed E-state index contributed by atoms with van der Waals surface area (Å²) in [6.07, 6.45) is 2.54. The number of aromatic nitrogens is 2. The lowest BCUT2D eigenvalue weighted by atomic mass is 10.1. The molecular formula is C14H16N4O3S2. The first kappa shape index (κ1) is 17.4. The van der Waals surface area contributed by atoms with Gasteiger partial charge in [0.05, 0.1) is 9.82 Å². The zero-order valence-corrected chi connectivity index (χ0v) is 14.5. The topological polar surface area (TPSA) is 98.0 Å². The van der Waals surface area contributed by atoms with Crippen molar-refractivity contribution in [2.24, 2.45) is 5.92 Å². The van der Waals surface area contributed by atoms with Crippen molar-refractivity contribution >= 4 is 39.8 Å². The summed E-state index contributed by atoms with van der Waals surface area (Å²) in [7, 11) is 0. The molecule has 0 fully saturated rings. The lowest BCUT2D eigenvalue weighted by molar-refractivity contribution is -0.387. The fourth-order valence-electron chi connectivity index (χ4n) is 1.88. The summed E-state index contributed by atoms with van der Waals surface area (Å²) < 4.78 is 0. The van der Waals surface area contributed by atoms with Crippen LogP contribution in [0, 0.1) is 16.0 Å². The van der Waals surface area contributed by atoms with Crippen LogP contribution in [0.1, 0.15) is 29.2 Å². The Kier molecular flexibility index (Phi) is 5.67. The predicted octanol–water partition coefficient (Wildman–Crippen LogP) is 3.62. The number of benzene rings is 1. The van der Waals surface area contributed by atoms with Crippen molar-refractivity contribution in [1.82, 2.24) is 10.2 Å². The Bertz CT molecular complexity index is 731. The van der Waals surface area contributed by atoms with E-state index in [0.717, 1.165) is 11.4 Å². The van der Waals surface area contributed by atoms with Crippen molar-refractivity contribution in [2.75, 3.05) is 11.6 Å². The van der Waals surface area contributed by atoms with Gasteiger partial charge in [0.1, 0.15) is 5.01 Å². The van der Waals surface area contributed by atoms with Crippen molar-refractivity contribution in [3.05, 3.63) is 38.9 Å². The molecule has 23 heavy (non-hydrogen) atoms. The van der Waals surface area contributed by atoms with Crippen LogP contribution < -0.4 is 5.32 Å².